The molecular formula is C20H25FN2O3S. The molecule has 0 bridgehead atoms. The van der Waals surface area contributed by atoms with Gasteiger partial charge in [0.25, 0.3) is 0 Å². The third kappa shape index (κ3) is 6.45. The largest absolute Gasteiger partial charge is 0.326 e. The zero-order chi connectivity index (χ0) is 20.0. The highest BCUT2D eigenvalue weighted by Crippen LogP contribution is 2.17. The Kier molecular flexibility index (Phi) is 7.10. The second kappa shape index (κ2) is 9.10. The lowest BCUT2D eigenvalue weighted by Crippen LogP contribution is -2.32. The monoisotopic (exact) mass is 392 g/mol. The van der Waals surface area contributed by atoms with Crippen molar-refractivity contribution in [2.24, 2.45) is 0 Å². The number of rotatable bonds is 8. The fourth-order valence-corrected chi connectivity index (χ4v) is 3.38. The van der Waals surface area contributed by atoms with Gasteiger partial charge in [-0.15, -0.1) is 0 Å². The van der Waals surface area contributed by atoms with Gasteiger partial charge in [-0.25, -0.2) is 12.8 Å². The number of nitrogens with one attached hydrogen (secondary N) is 1. The molecule has 0 aromatic heterocycles. The molecule has 0 saturated carbocycles. The lowest BCUT2D eigenvalue weighted by molar-refractivity contribution is -0.116. The van der Waals surface area contributed by atoms with Crippen LogP contribution in [0.2, 0.25) is 0 Å². The van der Waals surface area contributed by atoms with E-state index in [0.717, 1.165) is 10.6 Å². The number of benzene rings is 2. The number of hydrogen-bond donors (Lipinski definition) is 1. The van der Waals surface area contributed by atoms with Gasteiger partial charge in [0.1, 0.15) is 5.82 Å². The fraction of sp³-hybridized carbons (Fsp3) is 0.350. The zero-order valence-electron chi connectivity index (χ0n) is 15.8. The first kappa shape index (κ1) is 21.1. The topological polar surface area (TPSA) is 66.5 Å². The van der Waals surface area contributed by atoms with Crippen molar-refractivity contribution in [1.82, 2.24) is 4.31 Å². The molecule has 5 nitrogen and oxygen atoms in total. The van der Waals surface area contributed by atoms with Crippen molar-refractivity contribution in [2.45, 2.75) is 32.7 Å². The van der Waals surface area contributed by atoms with Gasteiger partial charge < -0.3 is 5.32 Å². The predicted octanol–water partition coefficient (Wildman–Crippen LogP) is 3.74. The van der Waals surface area contributed by atoms with Crippen molar-refractivity contribution in [2.75, 3.05) is 18.1 Å². The fourth-order valence-electron chi connectivity index (χ4n) is 2.58. The van der Waals surface area contributed by atoms with E-state index in [0.29, 0.717) is 11.6 Å². The maximum atomic E-state index is 13.8. The number of carbonyl (C=O) groups excluding carboxylic acids is 1. The van der Waals surface area contributed by atoms with E-state index in [9.17, 15) is 17.6 Å². The van der Waals surface area contributed by atoms with E-state index in [2.05, 4.69) is 19.2 Å². The Morgan fingerprint density at radius 1 is 1.11 bits per heavy atom. The van der Waals surface area contributed by atoms with Crippen LogP contribution in [0.25, 0.3) is 0 Å². The Labute approximate surface area is 160 Å². The van der Waals surface area contributed by atoms with Crippen LogP contribution in [0.15, 0.2) is 48.5 Å². The van der Waals surface area contributed by atoms with Crippen LogP contribution in [0.5, 0.6) is 0 Å². The van der Waals surface area contributed by atoms with Gasteiger partial charge in [-0.3, -0.25) is 4.79 Å². The molecule has 0 fully saturated rings. The number of hydrogen-bond acceptors (Lipinski definition) is 3. The summed E-state index contributed by atoms with van der Waals surface area (Å²) >= 11 is 0. The molecule has 0 spiro atoms. The molecule has 0 radical (unpaired) electrons. The van der Waals surface area contributed by atoms with Gasteiger partial charge in [0, 0.05) is 30.8 Å². The van der Waals surface area contributed by atoms with Gasteiger partial charge >= 0.3 is 0 Å². The second-order valence-electron chi connectivity index (χ2n) is 6.76. The molecule has 27 heavy (non-hydrogen) atoms. The maximum absolute atomic E-state index is 13.8. The van der Waals surface area contributed by atoms with Gasteiger partial charge in [-0.2, -0.15) is 4.31 Å². The van der Waals surface area contributed by atoms with Crippen LogP contribution in [0, 0.1) is 5.82 Å². The molecule has 0 aliphatic carbocycles. The molecule has 2 rings (SSSR count). The molecule has 0 atom stereocenters. The first-order valence-corrected chi connectivity index (χ1v) is 10.6. The van der Waals surface area contributed by atoms with Crippen molar-refractivity contribution in [1.29, 1.82) is 0 Å². The first-order chi connectivity index (χ1) is 12.7. The lowest BCUT2D eigenvalue weighted by atomic mass is 10.0. The number of halogens is 1. The molecule has 0 aliphatic rings. The minimum Gasteiger partial charge on any atom is -0.326 e. The van der Waals surface area contributed by atoms with Crippen LogP contribution >= 0.6 is 0 Å². The molecule has 1 amide bonds. The van der Waals surface area contributed by atoms with Gasteiger partial charge in [0.05, 0.1) is 6.26 Å². The van der Waals surface area contributed by atoms with Crippen molar-refractivity contribution in [3.05, 3.63) is 65.5 Å². The molecule has 2 aromatic carbocycles. The van der Waals surface area contributed by atoms with E-state index in [4.69, 9.17) is 0 Å². The molecule has 146 valence electrons. The highest BCUT2D eigenvalue weighted by molar-refractivity contribution is 7.88. The Balaban J connectivity index is 1.98. The summed E-state index contributed by atoms with van der Waals surface area (Å²) in [6.07, 6.45) is 1.03. The average Bonchev–Trinajstić information content (AvgIpc) is 2.59. The quantitative estimate of drug-likeness (QED) is 0.744. The van der Waals surface area contributed by atoms with E-state index in [1.807, 2.05) is 24.3 Å². The first-order valence-electron chi connectivity index (χ1n) is 8.75. The predicted molar refractivity (Wildman–Crippen MR) is 105 cm³/mol. The number of amides is 1. The Morgan fingerprint density at radius 3 is 2.30 bits per heavy atom. The second-order valence-corrected chi connectivity index (χ2v) is 8.75. The maximum Gasteiger partial charge on any atom is 0.225 e. The van der Waals surface area contributed by atoms with Crippen molar-refractivity contribution in [3.8, 4) is 0 Å². The van der Waals surface area contributed by atoms with Crippen LogP contribution in [0.3, 0.4) is 0 Å². The molecular weight excluding hydrogens is 367 g/mol. The molecule has 1 N–H and O–H groups in total. The van der Waals surface area contributed by atoms with Gasteiger partial charge in [-0.1, -0.05) is 44.2 Å². The Morgan fingerprint density at radius 2 is 1.74 bits per heavy atom. The van der Waals surface area contributed by atoms with Crippen molar-refractivity contribution < 1.29 is 17.6 Å². The normalized spacial score (nSPS) is 11.8. The van der Waals surface area contributed by atoms with Gasteiger partial charge in [0.15, 0.2) is 0 Å². The van der Waals surface area contributed by atoms with Gasteiger partial charge in [0.2, 0.25) is 15.9 Å². The zero-order valence-corrected chi connectivity index (χ0v) is 16.6. The third-order valence-electron chi connectivity index (χ3n) is 4.22. The summed E-state index contributed by atoms with van der Waals surface area (Å²) in [7, 11) is -3.58. The molecule has 7 heteroatoms. The SMILES string of the molecule is CC(C)c1ccc(NC(=O)CCN(Cc2ccccc2F)S(C)(=O)=O)cc1. The van der Waals surface area contributed by atoms with Crippen LogP contribution in [0.1, 0.15) is 37.3 Å². The lowest BCUT2D eigenvalue weighted by Gasteiger charge is -2.20. The number of anilines is 1. The number of sulfonamides is 1. The van der Waals surface area contributed by atoms with Crippen molar-refractivity contribution in [3.63, 3.8) is 0 Å². The van der Waals surface area contributed by atoms with Crippen LogP contribution in [0.4, 0.5) is 10.1 Å². The highest BCUT2D eigenvalue weighted by Gasteiger charge is 2.19. The summed E-state index contributed by atoms with van der Waals surface area (Å²) in [6, 6.07) is 13.5. The summed E-state index contributed by atoms with van der Waals surface area (Å²) in [6.45, 7) is 4.04. The molecule has 0 unspecified atom stereocenters. The molecule has 0 aliphatic heterocycles. The molecule has 2 aromatic rings. The average molecular weight is 392 g/mol. The van der Waals surface area contributed by atoms with E-state index < -0.39 is 15.8 Å². The van der Waals surface area contributed by atoms with Crippen LogP contribution in [-0.4, -0.2) is 31.4 Å². The standard InChI is InChI=1S/C20H25FN2O3S/c1-15(2)16-8-10-18(11-9-16)22-20(24)12-13-23(27(3,25)26)14-17-6-4-5-7-19(17)21/h4-11,15H,12-14H2,1-3H3,(H,22,24). The summed E-state index contributed by atoms with van der Waals surface area (Å²) < 4.78 is 38.9. The smallest absolute Gasteiger partial charge is 0.225 e. The minimum absolute atomic E-state index is 0.0204. The highest BCUT2D eigenvalue weighted by atomic mass is 32.2. The summed E-state index contributed by atoms with van der Waals surface area (Å²) in [5.41, 5.74) is 2.10. The van der Waals surface area contributed by atoms with Crippen LogP contribution in [-0.2, 0) is 21.4 Å². The van der Waals surface area contributed by atoms with Crippen LogP contribution < -0.4 is 5.32 Å². The summed E-state index contributed by atoms with van der Waals surface area (Å²) in [5.74, 6) is -0.369. The Bertz CT molecular complexity index is 880. The van der Waals surface area contributed by atoms with Gasteiger partial charge in [-0.05, 0) is 29.7 Å². The van der Waals surface area contributed by atoms with Crippen molar-refractivity contribution >= 4 is 21.6 Å². The number of nitrogens with zero attached hydrogens (tertiary/aromatic N) is 1. The van der Waals surface area contributed by atoms with E-state index >= 15 is 0 Å². The minimum atomic E-state index is -3.58. The molecule has 0 heterocycles. The number of carbonyl (C=O) groups is 1. The van der Waals surface area contributed by atoms with E-state index in [-0.39, 0.29) is 31.0 Å². The third-order valence-corrected chi connectivity index (χ3v) is 5.47. The summed E-state index contributed by atoms with van der Waals surface area (Å²) in [5, 5.41) is 2.76. The Hall–Kier alpha value is -2.25. The van der Waals surface area contributed by atoms with E-state index in [1.54, 1.807) is 12.1 Å². The van der Waals surface area contributed by atoms with E-state index in [1.165, 1.54) is 17.7 Å². The summed E-state index contributed by atoms with van der Waals surface area (Å²) in [4.78, 5) is 12.2. The molecule has 0 saturated heterocycles.